The quantitative estimate of drug-likeness (QED) is 0.268. The molecule has 0 aliphatic carbocycles. The van der Waals surface area contributed by atoms with E-state index in [1.54, 1.807) is 11.3 Å². The summed E-state index contributed by atoms with van der Waals surface area (Å²) in [7, 11) is 0. The highest BCUT2D eigenvalue weighted by Gasteiger charge is 2.21. The van der Waals surface area contributed by atoms with Crippen LogP contribution in [0.3, 0.4) is 0 Å². The predicted octanol–water partition coefficient (Wildman–Crippen LogP) is 7.27. The number of benzene rings is 3. The van der Waals surface area contributed by atoms with Gasteiger partial charge in [-0.25, -0.2) is 4.98 Å². The van der Waals surface area contributed by atoms with Gasteiger partial charge in [0.25, 0.3) is 0 Å². The molecule has 1 nitrogen and oxygen atoms in total. The molecular weight excluding hydrogens is 417 g/mol. The first-order valence-electron chi connectivity index (χ1n) is 9.41. The van der Waals surface area contributed by atoms with Crippen molar-refractivity contribution in [2.75, 3.05) is 12.3 Å². The van der Waals surface area contributed by atoms with E-state index < -0.39 is 5.24 Å². The van der Waals surface area contributed by atoms with Gasteiger partial charge in [-0.3, -0.25) is 0 Å². The first kappa shape index (κ1) is 19.8. The van der Waals surface area contributed by atoms with Crippen LogP contribution in [0.1, 0.15) is 11.1 Å². The van der Waals surface area contributed by atoms with E-state index in [-0.39, 0.29) is 0 Å². The minimum absolute atomic E-state index is 1.05. The van der Waals surface area contributed by atoms with Crippen molar-refractivity contribution in [3.8, 4) is 0 Å². The molecule has 0 bridgehead atoms. The molecule has 1 aromatic heterocycles. The first-order chi connectivity index (χ1) is 13.7. The van der Waals surface area contributed by atoms with E-state index in [4.69, 9.17) is 16.8 Å². The third-order valence-electron chi connectivity index (χ3n) is 4.69. The van der Waals surface area contributed by atoms with Crippen LogP contribution in [0.15, 0.2) is 89.3 Å². The summed E-state index contributed by atoms with van der Waals surface area (Å²) in [6.07, 6.45) is 4.23. The molecule has 0 N–H and O–H groups in total. The summed E-state index contributed by atoms with van der Waals surface area (Å²) in [5.41, 5.74) is 3.84. The van der Waals surface area contributed by atoms with Crippen LogP contribution in [0.25, 0.3) is 10.2 Å². The van der Waals surface area contributed by atoms with Gasteiger partial charge in [-0.2, -0.15) is 0 Å². The van der Waals surface area contributed by atoms with Gasteiger partial charge in [0.15, 0.2) is 4.34 Å². The van der Waals surface area contributed by atoms with Crippen LogP contribution in [0.5, 0.6) is 0 Å². The minimum atomic E-state index is -1.63. The van der Waals surface area contributed by atoms with Crippen LogP contribution < -0.4 is 0 Å². The molecule has 142 valence electrons. The lowest BCUT2D eigenvalue weighted by Crippen LogP contribution is -1.99. The standard InChI is InChI=1S/C23H22NPS3/c26-25(17-15-19-9-3-1-4-10-19,18-16-20-11-5-2-6-12-20)28-23-24-21-13-7-8-14-22(21)27-23/h1-14H,15-18H2. The zero-order chi connectivity index (χ0) is 19.2. The van der Waals surface area contributed by atoms with Crippen molar-refractivity contribution in [1.29, 1.82) is 0 Å². The van der Waals surface area contributed by atoms with Gasteiger partial charge in [-0.05, 0) is 48.4 Å². The maximum atomic E-state index is 6.33. The van der Waals surface area contributed by atoms with E-state index in [9.17, 15) is 0 Å². The Kier molecular flexibility index (Phi) is 6.64. The van der Waals surface area contributed by atoms with Crippen molar-refractivity contribution < 1.29 is 0 Å². The van der Waals surface area contributed by atoms with Crippen molar-refractivity contribution >= 4 is 50.0 Å². The summed E-state index contributed by atoms with van der Waals surface area (Å²) in [4.78, 5) is 4.85. The lowest BCUT2D eigenvalue weighted by atomic mass is 10.2. The lowest BCUT2D eigenvalue weighted by Gasteiger charge is -2.20. The molecule has 0 fully saturated rings. The Balaban J connectivity index is 1.53. The summed E-state index contributed by atoms with van der Waals surface area (Å²) in [5, 5.41) is -1.63. The predicted molar refractivity (Wildman–Crippen MR) is 130 cm³/mol. The highest BCUT2D eigenvalue weighted by atomic mass is 32.9. The first-order valence-corrected chi connectivity index (χ1v) is 14.8. The summed E-state index contributed by atoms with van der Waals surface area (Å²) < 4.78 is 2.38. The number of para-hydroxylation sites is 1. The maximum absolute atomic E-state index is 6.33. The van der Waals surface area contributed by atoms with Crippen LogP contribution in [-0.2, 0) is 24.6 Å². The van der Waals surface area contributed by atoms with Gasteiger partial charge in [0, 0.05) is 5.24 Å². The lowest BCUT2D eigenvalue weighted by molar-refractivity contribution is 1.11. The Bertz CT molecular complexity index is 996. The number of aromatic nitrogens is 1. The minimum Gasteiger partial charge on any atom is -0.229 e. The Morgan fingerprint density at radius 3 is 1.86 bits per heavy atom. The molecule has 3 aromatic carbocycles. The Hall–Kier alpha value is -1.45. The molecule has 0 saturated heterocycles. The molecule has 0 saturated carbocycles. The average Bonchev–Trinajstić information content (AvgIpc) is 3.14. The van der Waals surface area contributed by atoms with Crippen molar-refractivity contribution in [2.24, 2.45) is 0 Å². The second-order valence-corrected chi connectivity index (χ2v) is 16.6. The number of aryl methyl sites for hydroxylation is 2. The fourth-order valence-corrected chi connectivity index (χ4v) is 11.6. The van der Waals surface area contributed by atoms with E-state index in [2.05, 4.69) is 84.9 Å². The van der Waals surface area contributed by atoms with E-state index in [0.29, 0.717) is 0 Å². The Labute approximate surface area is 180 Å². The molecule has 1 heterocycles. The summed E-state index contributed by atoms with van der Waals surface area (Å²) in [5.74, 6) is 0. The smallest absolute Gasteiger partial charge is 0.156 e. The maximum Gasteiger partial charge on any atom is 0.156 e. The van der Waals surface area contributed by atoms with Crippen LogP contribution in [-0.4, -0.2) is 17.3 Å². The van der Waals surface area contributed by atoms with E-state index >= 15 is 0 Å². The van der Waals surface area contributed by atoms with E-state index in [0.717, 1.165) is 35.0 Å². The van der Waals surface area contributed by atoms with Crippen molar-refractivity contribution in [3.05, 3.63) is 96.1 Å². The molecule has 5 heteroatoms. The zero-order valence-electron chi connectivity index (χ0n) is 15.5. The van der Waals surface area contributed by atoms with E-state index in [1.165, 1.54) is 15.8 Å². The van der Waals surface area contributed by atoms with Gasteiger partial charge < -0.3 is 0 Å². The number of hydrogen-bond donors (Lipinski definition) is 0. The number of hydrogen-bond acceptors (Lipinski definition) is 4. The molecule has 0 spiro atoms. The van der Waals surface area contributed by atoms with Gasteiger partial charge in [0.2, 0.25) is 0 Å². The third kappa shape index (κ3) is 5.33. The van der Waals surface area contributed by atoms with Crippen LogP contribution in [0.2, 0.25) is 0 Å². The third-order valence-corrected chi connectivity index (χ3v) is 13.2. The highest BCUT2D eigenvalue weighted by molar-refractivity contribution is 8.71. The summed E-state index contributed by atoms with van der Waals surface area (Å²) in [6, 6.07) is 29.8. The van der Waals surface area contributed by atoms with Gasteiger partial charge in [-0.1, -0.05) is 96.0 Å². The van der Waals surface area contributed by atoms with Crippen LogP contribution >= 0.6 is 28.0 Å². The normalized spacial score (nSPS) is 11.7. The van der Waals surface area contributed by atoms with Gasteiger partial charge in [-0.15, -0.1) is 11.3 Å². The SMILES string of the molecule is S=P(CCc1ccccc1)(CCc1ccccc1)Sc1nc2ccccc2s1. The molecular formula is C23H22NPS3. The average molecular weight is 440 g/mol. The number of rotatable bonds is 8. The second-order valence-electron chi connectivity index (χ2n) is 6.77. The fourth-order valence-electron chi connectivity index (χ4n) is 3.12. The van der Waals surface area contributed by atoms with Gasteiger partial charge in [0.1, 0.15) is 0 Å². The molecule has 0 aliphatic rings. The molecule has 4 rings (SSSR count). The Morgan fingerprint density at radius 2 is 1.29 bits per heavy atom. The Morgan fingerprint density at radius 1 is 0.750 bits per heavy atom. The summed E-state index contributed by atoms with van der Waals surface area (Å²) in [6.45, 7) is 0. The summed E-state index contributed by atoms with van der Waals surface area (Å²) >= 11 is 10.00. The molecule has 0 atom stereocenters. The van der Waals surface area contributed by atoms with Crippen LogP contribution in [0, 0.1) is 0 Å². The van der Waals surface area contributed by atoms with Gasteiger partial charge >= 0.3 is 0 Å². The largest absolute Gasteiger partial charge is 0.229 e. The highest BCUT2D eigenvalue weighted by Crippen LogP contribution is 2.63. The van der Waals surface area contributed by atoms with Gasteiger partial charge in [0.05, 0.1) is 10.2 Å². The zero-order valence-corrected chi connectivity index (χ0v) is 18.9. The molecule has 0 unspecified atom stereocenters. The fraction of sp³-hybridized carbons (Fsp3) is 0.174. The van der Waals surface area contributed by atoms with E-state index in [1.807, 2.05) is 11.4 Å². The van der Waals surface area contributed by atoms with Crippen molar-refractivity contribution in [3.63, 3.8) is 0 Å². The number of thiazole rings is 1. The number of fused-ring (bicyclic) bond motifs is 1. The van der Waals surface area contributed by atoms with Crippen molar-refractivity contribution in [2.45, 2.75) is 17.2 Å². The molecule has 0 amide bonds. The second kappa shape index (κ2) is 9.37. The van der Waals surface area contributed by atoms with Crippen molar-refractivity contribution in [1.82, 2.24) is 4.98 Å². The molecule has 28 heavy (non-hydrogen) atoms. The van der Waals surface area contributed by atoms with Crippen LogP contribution in [0.4, 0.5) is 0 Å². The monoisotopic (exact) mass is 439 g/mol. The topological polar surface area (TPSA) is 12.9 Å². The molecule has 0 aliphatic heterocycles. The number of nitrogens with zero attached hydrogens (tertiary/aromatic N) is 1. The molecule has 0 radical (unpaired) electrons. The molecule has 4 aromatic rings.